The lowest BCUT2D eigenvalue weighted by Crippen LogP contribution is -1.92. The number of hydrogen-bond acceptors (Lipinski definition) is 4. The number of nitro groups is 1. The summed E-state index contributed by atoms with van der Waals surface area (Å²) in [5.74, 6) is 0. The summed E-state index contributed by atoms with van der Waals surface area (Å²) in [5, 5.41) is 12.0. The number of fused-ring (bicyclic) bond motifs is 1. The summed E-state index contributed by atoms with van der Waals surface area (Å²) < 4.78 is 1.13. The van der Waals surface area contributed by atoms with Gasteiger partial charge in [-0.25, -0.2) is 4.98 Å². The van der Waals surface area contributed by atoms with Crippen molar-refractivity contribution in [2.75, 3.05) is 0 Å². The molecule has 0 aliphatic heterocycles. The fraction of sp³-hybridized carbons (Fsp3) is 0.0714. The maximum atomic E-state index is 10.7. The third kappa shape index (κ3) is 2.50. The summed E-state index contributed by atoms with van der Waals surface area (Å²) in [6.07, 6.45) is 0.580. The topological polar surface area (TPSA) is 56.0 Å². The first-order valence-electron chi connectivity index (χ1n) is 5.91. The van der Waals surface area contributed by atoms with Gasteiger partial charge in [-0.05, 0) is 17.7 Å². The Bertz CT molecular complexity index is 768. The molecule has 0 aliphatic rings. The molecule has 20 heavy (non-hydrogen) atoms. The van der Waals surface area contributed by atoms with Crippen LogP contribution in [0.4, 0.5) is 5.69 Å². The average molecular weight is 305 g/mol. The quantitative estimate of drug-likeness (QED) is 0.530. The first-order valence-corrected chi connectivity index (χ1v) is 7.10. The molecule has 1 aromatic heterocycles. The second-order valence-corrected chi connectivity index (χ2v) is 5.81. The summed E-state index contributed by atoms with van der Waals surface area (Å²) >= 11 is 7.70. The van der Waals surface area contributed by atoms with Gasteiger partial charge in [0.25, 0.3) is 5.69 Å². The van der Waals surface area contributed by atoms with Crippen molar-refractivity contribution in [1.29, 1.82) is 0 Å². The normalized spacial score (nSPS) is 10.8. The van der Waals surface area contributed by atoms with Crippen LogP contribution in [0.15, 0.2) is 42.5 Å². The van der Waals surface area contributed by atoms with E-state index in [-0.39, 0.29) is 5.69 Å². The van der Waals surface area contributed by atoms with Gasteiger partial charge in [0.2, 0.25) is 0 Å². The van der Waals surface area contributed by atoms with Gasteiger partial charge in [0.05, 0.1) is 25.2 Å². The molecule has 3 aromatic rings. The van der Waals surface area contributed by atoms with Crippen LogP contribution in [0.5, 0.6) is 0 Å². The largest absolute Gasteiger partial charge is 0.270 e. The Morgan fingerprint density at radius 3 is 2.75 bits per heavy atom. The van der Waals surface area contributed by atoms with Crippen molar-refractivity contribution in [1.82, 2.24) is 4.98 Å². The molecule has 2 aromatic carbocycles. The number of nitrogens with zero attached hydrogens (tertiary/aromatic N) is 2. The zero-order chi connectivity index (χ0) is 14.1. The zero-order valence-electron chi connectivity index (χ0n) is 10.2. The number of nitro benzene ring substituents is 1. The number of hydrogen-bond donors (Lipinski definition) is 0. The standard InChI is InChI=1S/C14H9ClN2O2S/c15-11-8-10(17(18)19)6-5-9(11)7-14-16-12-3-1-2-4-13(12)20-14/h1-6,8H,7H2. The van der Waals surface area contributed by atoms with Gasteiger partial charge in [-0.3, -0.25) is 10.1 Å². The molecule has 0 aliphatic carbocycles. The van der Waals surface area contributed by atoms with Gasteiger partial charge >= 0.3 is 0 Å². The van der Waals surface area contributed by atoms with Crippen LogP contribution < -0.4 is 0 Å². The highest BCUT2D eigenvalue weighted by Gasteiger charge is 2.11. The van der Waals surface area contributed by atoms with Crippen LogP contribution in [0.1, 0.15) is 10.6 Å². The van der Waals surface area contributed by atoms with Gasteiger partial charge in [-0.15, -0.1) is 11.3 Å². The van der Waals surface area contributed by atoms with E-state index in [1.165, 1.54) is 12.1 Å². The van der Waals surface area contributed by atoms with Crippen molar-refractivity contribution in [3.63, 3.8) is 0 Å². The number of aromatic nitrogens is 1. The van der Waals surface area contributed by atoms with Crippen LogP contribution in [0, 0.1) is 10.1 Å². The molecule has 0 saturated heterocycles. The fourth-order valence-corrected chi connectivity index (χ4v) is 3.18. The molecule has 0 saturated carbocycles. The lowest BCUT2D eigenvalue weighted by atomic mass is 10.1. The van der Waals surface area contributed by atoms with E-state index >= 15 is 0 Å². The van der Waals surface area contributed by atoms with E-state index < -0.39 is 4.92 Å². The smallest absolute Gasteiger partial charge is 0.258 e. The monoisotopic (exact) mass is 304 g/mol. The second kappa shape index (κ2) is 5.19. The molecule has 3 rings (SSSR count). The zero-order valence-corrected chi connectivity index (χ0v) is 11.8. The Balaban J connectivity index is 1.92. The minimum Gasteiger partial charge on any atom is -0.258 e. The Kier molecular flexibility index (Phi) is 3.38. The molecule has 100 valence electrons. The Labute approximate surface area is 123 Å². The number of halogens is 1. The molecule has 0 radical (unpaired) electrons. The molecule has 0 unspecified atom stereocenters. The molecule has 4 nitrogen and oxygen atoms in total. The van der Waals surface area contributed by atoms with Crippen molar-refractivity contribution in [3.05, 3.63) is 68.2 Å². The highest BCUT2D eigenvalue weighted by molar-refractivity contribution is 7.18. The maximum Gasteiger partial charge on any atom is 0.270 e. The van der Waals surface area contributed by atoms with E-state index in [0.717, 1.165) is 20.8 Å². The van der Waals surface area contributed by atoms with E-state index in [9.17, 15) is 10.1 Å². The Hall–Kier alpha value is -1.98. The second-order valence-electron chi connectivity index (χ2n) is 4.28. The summed E-state index contributed by atoms with van der Waals surface area (Å²) in [6.45, 7) is 0. The molecular weight excluding hydrogens is 296 g/mol. The molecule has 6 heteroatoms. The minimum atomic E-state index is -0.451. The highest BCUT2D eigenvalue weighted by Crippen LogP contribution is 2.28. The van der Waals surface area contributed by atoms with Crippen LogP contribution in [0.2, 0.25) is 5.02 Å². The molecule has 0 N–H and O–H groups in total. The maximum absolute atomic E-state index is 10.7. The van der Waals surface area contributed by atoms with Crippen molar-refractivity contribution in [3.8, 4) is 0 Å². The van der Waals surface area contributed by atoms with E-state index in [0.29, 0.717) is 11.4 Å². The third-order valence-corrected chi connectivity index (χ3v) is 4.32. The molecule has 0 spiro atoms. The lowest BCUT2D eigenvalue weighted by Gasteiger charge is -2.01. The van der Waals surface area contributed by atoms with Crippen LogP contribution in [0.25, 0.3) is 10.2 Å². The van der Waals surface area contributed by atoms with Crippen molar-refractivity contribution >= 4 is 38.8 Å². The third-order valence-electron chi connectivity index (χ3n) is 2.93. The first-order chi connectivity index (χ1) is 9.63. The molecular formula is C14H9ClN2O2S. The first kappa shape index (κ1) is 13.0. The minimum absolute atomic E-state index is 0.00282. The van der Waals surface area contributed by atoms with E-state index in [1.54, 1.807) is 17.4 Å². The van der Waals surface area contributed by atoms with Crippen LogP contribution in [0.3, 0.4) is 0 Å². The number of para-hydroxylation sites is 1. The molecule has 0 bridgehead atoms. The van der Waals surface area contributed by atoms with Crippen LogP contribution in [-0.4, -0.2) is 9.91 Å². The summed E-state index contributed by atoms with van der Waals surface area (Å²) in [5.41, 5.74) is 1.81. The number of thiazole rings is 1. The van der Waals surface area contributed by atoms with Gasteiger partial charge in [0, 0.05) is 18.6 Å². The number of benzene rings is 2. The average Bonchev–Trinajstić information content (AvgIpc) is 2.83. The summed E-state index contributed by atoms with van der Waals surface area (Å²) in [4.78, 5) is 14.8. The molecule has 0 amide bonds. The van der Waals surface area contributed by atoms with Gasteiger partial charge in [-0.2, -0.15) is 0 Å². The highest BCUT2D eigenvalue weighted by atomic mass is 35.5. The van der Waals surface area contributed by atoms with Crippen LogP contribution >= 0.6 is 22.9 Å². The van der Waals surface area contributed by atoms with Crippen molar-refractivity contribution < 1.29 is 4.92 Å². The summed E-state index contributed by atoms with van der Waals surface area (Å²) in [7, 11) is 0. The van der Waals surface area contributed by atoms with Crippen molar-refractivity contribution in [2.24, 2.45) is 0 Å². The SMILES string of the molecule is O=[N+]([O-])c1ccc(Cc2nc3ccccc3s2)c(Cl)c1. The van der Waals surface area contributed by atoms with Gasteiger partial charge < -0.3 is 0 Å². The molecule has 0 atom stereocenters. The van der Waals surface area contributed by atoms with E-state index in [2.05, 4.69) is 4.98 Å². The van der Waals surface area contributed by atoms with Gasteiger partial charge in [-0.1, -0.05) is 29.8 Å². The van der Waals surface area contributed by atoms with E-state index in [4.69, 9.17) is 11.6 Å². The van der Waals surface area contributed by atoms with E-state index in [1.807, 2.05) is 24.3 Å². The van der Waals surface area contributed by atoms with Gasteiger partial charge in [0.15, 0.2) is 0 Å². The number of rotatable bonds is 3. The Morgan fingerprint density at radius 2 is 2.05 bits per heavy atom. The lowest BCUT2D eigenvalue weighted by molar-refractivity contribution is -0.384. The summed E-state index contributed by atoms with van der Waals surface area (Å²) in [6, 6.07) is 12.4. The Morgan fingerprint density at radius 1 is 1.25 bits per heavy atom. The fourth-order valence-electron chi connectivity index (χ4n) is 1.95. The number of non-ortho nitro benzene ring substituents is 1. The van der Waals surface area contributed by atoms with Crippen LogP contribution in [-0.2, 0) is 6.42 Å². The van der Waals surface area contributed by atoms with Gasteiger partial charge in [0.1, 0.15) is 0 Å². The molecule has 1 heterocycles. The molecule has 0 fully saturated rings. The van der Waals surface area contributed by atoms with Crippen molar-refractivity contribution in [2.45, 2.75) is 6.42 Å². The predicted molar refractivity (Wildman–Crippen MR) is 80.5 cm³/mol. The predicted octanol–water partition coefficient (Wildman–Crippen LogP) is 4.45.